The highest BCUT2D eigenvalue weighted by Gasteiger charge is 2.31. The van der Waals surface area contributed by atoms with Crippen LogP contribution < -0.4 is 5.32 Å². The van der Waals surface area contributed by atoms with Gasteiger partial charge in [0.2, 0.25) is 0 Å². The lowest BCUT2D eigenvalue weighted by molar-refractivity contribution is -0.0280. The van der Waals surface area contributed by atoms with Crippen molar-refractivity contribution in [2.45, 2.75) is 5.92 Å². The first-order valence-electron chi connectivity index (χ1n) is 7.32. The van der Waals surface area contributed by atoms with Crippen molar-refractivity contribution >= 4 is 11.6 Å². The van der Waals surface area contributed by atoms with Gasteiger partial charge in [-0.2, -0.15) is 13.9 Å². The van der Waals surface area contributed by atoms with E-state index in [0.717, 1.165) is 12.1 Å². The maximum Gasteiger partial charge on any atom is 0.301 e. The first kappa shape index (κ1) is 16.7. The molecule has 1 amide bonds. The van der Waals surface area contributed by atoms with Gasteiger partial charge in [-0.25, -0.2) is 4.39 Å². The number of rotatable bonds is 5. The van der Waals surface area contributed by atoms with Gasteiger partial charge in [0.1, 0.15) is 5.69 Å². The molecule has 2 aromatic heterocycles. The number of carbonyl (C=O) groups excluding carboxylic acids is 1. The first-order chi connectivity index (χ1) is 12.0. The highest BCUT2D eigenvalue weighted by molar-refractivity contribution is 6.05. The maximum atomic E-state index is 13.3. The molecule has 0 fully saturated rings. The molecule has 0 aliphatic heterocycles. The lowest BCUT2D eigenvalue weighted by atomic mass is 10.1. The second-order valence-electron chi connectivity index (χ2n) is 5.24. The summed E-state index contributed by atoms with van der Waals surface area (Å²) in [7, 11) is 0. The normalized spacial score (nSPS) is 11.3. The zero-order valence-corrected chi connectivity index (χ0v) is 12.8. The number of nitrogens with one attached hydrogen (secondary N) is 2. The molecular weight excluding hydrogens is 333 g/mol. The molecule has 0 aliphatic carbocycles. The molecule has 0 unspecified atom stereocenters. The molecule has 0 saturated carbocycles. The number of halogens is 3. The lowest BCUT2D eigenvalue weighted by Crippen LogP contribution is -2.17. The third-order valence-electron chi connectivity index (χ3n) is 3.55. The van der Waals surface area contributed by atoms with Crippen molar-refractivity contribution in [2.75, 3.05) is 12.0 Å². The summed E-state index contributed by atoms with van der Waals surface area (Å²) in [6.45, 7) is -1.79. The fraction of sp³-hybridized carbons (Fsp3) is 0.118. The van der Waals surface area contributed by atoms with E-state index in [-0.39, 0.29) is 5.56 Å². The molecule has 128 valence electrons. The fourth-order valence-corrected chi connectivity index (χ4v) is 2.22. The number of amides is 1. The molecule has 2 heterocycles. The number of benzene rings is 1. The van der Waals surface area contributed by atoms with Gasteiger partial charge >= 0.3 is 5.92 Å². The Hall–Kier alpha value is -3.16. The van der Waals surface area contributed by atoms with E-state index in [4.69, 9.17) is 0 Å². The molecule has 2 N–H and O–H groups in total. The molecule has 0 aliphatic rings. The number of alkyl halides is 3. The lowest BCUT2D eigenvalue weighted by Gasteiger charge is -2.12. The number of nitrogens with zero attached hydrogens (tertiary/aromatic N) is 2. The Kier molecular flexibility index (Phi) is 4.51. The Morgan fingerprint density at radius 3 is 2.56 bits per heavy atom. The Labute approximate surface area is 140 Å². The number of anilines is 1. The minimum absolute atomic E-state index is 0.159. The molecule has 8 heteroatoms. The van der Waals surface area contributed by atoms with Crippen LogP contribution in [0, 0.1) is 0 Å². The van der Waals surface area contributed by atoms with Crippen molar-refractivity contribution in [1.82, 2.24) is 15.2 Å². The summed E-state index contributed by atoms with van der Waals surface area (Å²) in [6, 6.07) is 9.79. The molecule has 3 rings (SSSR count). The smallest absolute Gasteiger partial charge is 0.301 e. The molecule has 0 radical (unpaired) electrons. The molecule has 3 aromatic rings. The van der Waals surface area contributed by atoms with Crippen LogP contribution >= 0.6 is 0 Å². The van der Waals surface area contributed by atoms with Crippen LogP contribution in [-0.4, -0.2) is 27.8 Å². The van der Waals surface area contributed by atoms with Crippen LogP contribution in [0.4, 0.5) is 18.9 Å². The van der Waals surface area contributed by atoms with Crippen LogP contribution in [0.5, 0.6) is 0 Å². The van der Waals surface area contributed by atoms with Crippen molar-refractivity contribution in [3.63, 3.8) is 0 Å². The molecule has 1 aromatic carbocycles. The average molecular weight is 346 g/mol. The number of hydrogen-bond donors (Lipinski definition) is 2. The molecule has 0 spiro atoms. The van der Waals surface area contributed by atoms with Crippen molar-refractivity contribution in [1.29, 1.82) is 0 Å². The monoisotopic (exact) mass is 346 g/mol. The Bertz CT molecular complexity index is 863. The van der Waals surface area contributed by atoms with Crippen LogP contribution in [0.1, 0.15) is 15.9 Å². The topological polar surface area (TPSA) is 70.7 Å². The third-order valence-corrected chi connectivity index (χ3v) is 3.55. The van der Waals surface area contributed by atoms with Gasteiger partial charge in [-0.3, -0.25) is 14.9 Å². The van der Waals surface area contributed by atoms with E-state index in [1.165, 1.54) is 18.3 Å². The summed E-state index contributed by atoms with van der Waals surface area (Å²) in [4.78, 5) is 16.5. The summed E-state index contributed by atoms with van der Waals surface area (Å²) in [5.41, 5.74) is 1.19. The standard InChI is InChI=1S/C17H13F3N4O/c18-10-17(19,20)12-6-4-11(5-7-12)16(25)23-14-9-22-24-15(14)13-3-1-2-8-21-13/h1-9H,10H2,(H,22,24)(H,23,25). The highest BCUT2D eigenvalue weighted by Crippen LogP contribution is 2.29. The van der Waals surface area contributed by atoms with Crippen LogP contribution in [0.25, 0.3) is 11.4 Å². The van der Waals surface area contributed by atoms with Crippen LogP contribution in [0.3, 0.4) is 0 Å². The summed E-state index contributed by atoms with van der Waals surface area (Å²) in [5, 5.41) is 9.27. The van der Waals surface area contributed by atoms with Gasteiger partial charge in [0.25, 0.3) is 5.91 Å². The number of aromatic nitrogens is 3. The fourth-order valence-electron chi connectivity index (χ4n) is 2.22. The van der Waals surface area contributed by atoms with Gasteiger partial charge in [-0.05, 0) is 24.3 Å². The maximum absolute atomic E-state index is 13.3. The van der Waals surface area contributed by atoms with Crippen LogP contribution in [0.2, 0.25) is 0 Å². The minimum Gasteiger partial charge on any atom is -0.319 e. The van der Waals surface area contributed by atoms with Crippen LogP contribution in [-0.2, 0) is 5.92 Å². The minimum atomic E-state index is -3.56. The second-order valence-corrected chi connectivity index (χ2v) is 5.24. The van der Waals surface area contributed by atoms with Gasteiger partial charge in [0.05, 0.1) is 17.6 Å². The van der Waals surface area contributed by atoms with Gasteiger partial charge in [-0.15, -0.1) is 0 Å². The number of aromatic amines is 1. The van der Waals surface area contributed by atoms with Crippen molar-refractivity contribution in [2.24, 2.45) is 0 Å². The zero-order valence-electron chi connectivity index (χ0n) is 12.8. The Morgan fingerprint density at radius 1 is 1.16 bits per heavy atom. The summed E-state index contributed by atoms with van der Waals surface area (Å²) >= 11 is 0. The predicted molar refractivity (Wildman–Crippen MR) is 86.1 cm³/mol. The molecule has 5 nitrogen and oxygen atoms in total. The average Bonchev–Trinajstić information content (AvgIpc) is 3.10. The molecule has 0 atom stereocenters. The Morgan fingerprint density at radius 2 is 1.92 bits per heavy atom. The third kappa shape index (κ3) is 3.52. The van der Waals surface area contributed by atoms with Gasteiger partial charge in [-0.1, -0.05) is 18.2 Å². The van der Waals surface area contributed by atoms with Crippen LogP contribution in [0.15, 0.2) is 54.9 Å². The van der Waals surface area contributed by atoms with E-state index in [1.54, 1.807) is 24.4 Å². The number of carbonyl (C=O) groups is 1. The largest absolute Gasteiger partial charge is 0.319 e. The van der Waals surface area contributed by atoms with Gasteiger partial charge in [0.15, 0.2) is 6.67 Å². The molecular formula is C17H13F3N4O. The van der Waals surface area contributed by atoms with E-state index in [0.29, 0.717) is 17.1 Å². The van der Waals surface area contributed by atoms with E-state index in [9.17, 15) is 18.0 Å². The summed E-state index contributed by atoms with van der Waals surface area (Å²) in [5.74, 6) is -4.07. The van der Waals surface area contributed by atoms with Crippen molar-refractivity contribution < 1.29 is 18.0 Å². The quantitative estimate of drug-likeness (QED) is 0.738. The number of pyridine rings is 1. The van der Waals surface area contributed by atoms with Crippen molar-refractivity contribution in [3.8, 4) is 11.4 Å². The first-order valence-corrected chi connectivity index (χ1v) is 7.32. The predicted octanol–water partition coefficient (Wildman–Crippen LogP) is 3.79. The molecule has 25 heavy (non-hydrogen) atoms. The van der Waals surface area contributed by atoms with Gasteiger partial charge < -0.3 is 5.32 Å². The van der Waals surface area contributed by atoms with E-state index >= 15 is 0 Å². The van der Waals surface area contributed by atoms with E-state index in [2.05, 4.69) is 20.5 Å². The Balaban J connectivity index is 1.79. The second kappa shape index (κ2) is 6.76. The molecule has 0 bridgehead atoms. The SMILES string of the molecule is O=C(Nc1cn[nH]c1-c1ccccn1)c1ccc(C(F)(F)CF)cc1. The summed E-state index contributed by atoms with van der Waals surface area (Å²) < 4.78 is 38.9. The van der Waals surface area contributed by atoms with Gasteiger partial charge in [0, 0.05) is 17.3 Å². The zero-order chi connectivity index (χ0) is 17.9. The number of H-pyrrole nitrogens is 1. The van der Waals surface area contributed by atoms with E-state index in [1.807, 2.05) is 0 Å². The van der Waals surface area contributed by atoms with Crippen molar-refractivity contribution in [3.05, 3.63) is 66.0 Å². The highest BCUT2D eigenvalue weighted by atomic mass is 19.3. The molecule has 0 saturated heterocycles. The number of hydrogen-bond acceptors (Lipinski definition) is 3. The van der Waals surface area contributed by atoms with E-state index < -0.39 is 24.1 Å². The summed E-state index contributed by atoms with van der Waals surface area (Å²) in [6.07, 6.45) is 3.03.